The number of hydrogen-bond acceptors (Lipinski definition) is 1. The molecule has 0 atom stereocenters. The summed E-state index contributed by atoms with van der Waals surface area (Å²) in [5.41, 5.74) is 6.43. The second kappa shape index (κ2) is 7.89. The van der Waals surface area contributed by atoms with Crippen molar-refractivity contribution in [2.75, 3.05) is 13.2 Å². The third-order valence-corrected chi connectivity index (χ3v) is 4.35. The predicted molar refractivity (Wildman–Crippen MR) is 84.4 cm³/mol. The van der Waals surface area contributed by atoms with Gasteiger partial charge in [-0.1, -0.05) is 45.8 Å². The van der Waals surface area contributed by atoms with Crippen LogP contribution in [-0.2, 0) is 4.74 Å². The van der Waals surface area contributed by atoms with Gasteiger partial charge in [-0.05, 0) is 55.6 Å². The van der Waals surface area contributed by atoms with E-state index in [1.165, 1.54) is 30.4 Å². The highest BCUT2D eigenvalue weighted by molar-refractivity contribution is 5.20. The molecule has 0 aromatic heterocycles. The summed E-state index contributed by atoms with van der Waals surface area (Å²) in [6.07, 6.45) is 5.28. The second-order valence-electron chi connectivity index (χ2n) is 6.44. The maximum absolute atomic E-state index is 5.35. The van der Waals surface area contributed by atoms with Gasteiger partial charge in [0.05, 0.1) is 13.2 Å². The van der Waals surface area contributed by atoms with E-state index in [9.17, 15) is 0 Å². The van der Waals surface area contributed by atoms with Crippen LogP contribution in [0.15, 0.2) is 22.3 Å². The van der Waals surface area contributed by atoms with Crippen LogP contribution in [0.4, 0.5) is 0 Å². The average molecular weight is 264 g/mol. The molecule has 0 amide bonds. The number of allylic oxidation sites excluding steroid dienone is 2. The lowest BCUT2D eigenvalue weighted by Gasteiger charge is -2.06. The SMILES string of the molecule is CC1=C(C(C)C)CCC1.CCC1=C(C(C)C)COC1. The molecule has 0 aromatic rings. The predicted octanol–water partition coefficient (Wildman–Crippen LogP) is 5.52. The summed E-state index contributed by atoms with van der Waals surface area (Å²) in [4.78, 5) is 0. The van der Waals surface area contributed by atoms with Crippen molar-refractivity contribution in [2.45, 2.75) is 67.2 Å². The first-order valence-electron chi connectivity index (χ1n) is 7.94. The third-order valence-electron chi connectivity index (χ3n) is 4.35. The fourth-order valence-electron chi connectivity index (χ4n) is 3.08. The van der Waals surface area contributed by atoms with Crippen LogP contribution in [0, 0.1) is 11.8 Å². The fraction of sp³-hybridized carbons (Fsp3) is 0.778. The first-order chi connectivity index (χ1) is 8.97. The van der Waals surface area contributed by atoms with Crippen LogP contribution < -0.4 is 0 Å². The molecule has 1 heterocycles. The van der Waals surface area contributed by atoms with Gasteiger partial charge in [0, 0.05) is 0 Å². The Morgan fingerprint density at radius 3 is 1.89 bits per heavy atom. The van der Waals surface area contributed by atoms with E-state index in [-0.39, 0.29) is 0 Å². The summed E-state index contributed by atoms with van der Waals surface area (Å²) in [5.74, 6) is 1.48. The Morgan fingerprint density at radius 1 is 0.947 bits per heavy atom. The lowest BCUT2D eigenvalue weighted by atomic mass is 9.99. The molecule has 0 bridgehead atoms. The van der Waals surface area contributed by atoms with Crippen molar-refractivity contribution in [3.63, 3.8) is 0 Å². The smallest absolute Gasteiger partial charge is 0.0687 e. The average Bonchev–Trinajstić information content (AvgIpc) is 2.97. The van der Waals surface area contributed by atoms with E-state index in [0.29, 0.717) is 5.92 Å². The Labute approximate surface area is 120 Å². The first-order valence-corrected chi connectivity index (χ1v) is 7.94. The van der Waals surface area contributed by atoms with Gasteiger partial charge in [0.1, 0.15) is 0 Å². The quantitative estimate of drug-likeness (QED) is 0.610. The zero-order valence-corrected chi connectivity index (χ0v) is 13.8. The molecule has 0 saturated heterocycles. The van der Waals surface area contributed by atoms with Crippen molar-refractivity contribution in [1.29, 1.82) is 0 Å². The fourth-order valence-corrected chi connectivity index (χ4v) is 3.08. The summed E-state index contributed by atoms with van der Waals surface area (Å²) in [5, 5.41) is 0. The van der Waals surface area contributed by atoms with E-state index < -0.39 is 0 Å². The molecule has 0 N–H and O–H groups in total. The minimum absolute atomic E-state index is 0.678. The Hall–Kier alpha value is -0.560. The van der Waals surface area contributed by atoms with E-state index in [2.05, 4.69) is 41.5 Å². The van der Waals surface area contributed by atoms with Crippen molar-refractivity contribution in [2.24, 2.45) is 11.8 Å². The van der Waals surface area contributed by atoms with Crippen LogP contribution in [0.5, 0.6) is 0 Å². The molecule has 2 rings (SSSR count). The van der Waals surface area contributed by atoms with Crippen LogP contribution in [-0.4, -0.2) is 13.2 Å². The molecule has 0 fully saturated rings. The monoisotopic (exact) mass is 264 g/mol. The maximum Gasteiger partial charge on any atom is 0.0687 e. The molecule has 1 aliphatic heterocycles. The minimum atomic E-state index is 0.678. The molecule has 0 unspecified atom stereocenters. The molecule has 0 radical (unpaired) electrons. The third kappa shape index (κ3) is 4.80. The molecule has 0 spiro atoms. The van der Waals surface area contributed by atoms with Crippen molar-refractivity contribution in [3.05, 3.63) is 22.3 Å². The molecular formula is C18H32O. The van der Waals surface area contributed by atoms with E-state index in [0.717, 1.165) is 25.6 Å². The summed E-state index contributed by atoms with van der Waals surface area (Å²) in [6.45, 7) is 15.3. The lowest BCUT2D eigenvalue weighted by Crippen LogP contribution is -1.97. The number of hydrogen-bond donors (Lipinski definition) is 0. The van der Waals surface area contributed by atoms with Gasteiger partial charge in [0.25, 0.3) is 0 Å². The van der Waals surface area contributed by atoms with Gasteiger partial charge in [-0.15, -0.1) is 0 Å². The summed E-state index contributed by atoms with van der Waals surface area (Å²) in [6, 6.07) is 0. The van der Waals surface area contributed by atoms with Gasteiger partial charge in [-0.3, -0.25) is 0 Å². The highest BCUT2D eigenvalue weighted by Gasteiger charge is 2.15. The lowest BCUT2D eigenvalue weighted by molar-refractivity contribution is 0.200. The van der Waals surface area contributed by atoms with Crippen molar-refractivity contribution in [1.82, 2.24) is 0 Å². The standard InChI is InChI=1S/C9H16O.C9H16/c1-4-8-5-10-6-9(8)7(2)3;1-7(2)9-6-4-5-8(9)3/h7H,4-6H2,1-3H3;7H,4-6H2,1-3H3. The molecule has 1 nitrogen and oxygen atoms in total. The van der Waals surface area contributed by atoms with Crippen LogP contribution in [0.3, 0.4) is 0 Å². The normalized spacial score (nSPS) is 19.6. The summed E-state index contributed by atoms with van der Waals surface area (Å²) in [7, 11) is 0. The number of rotatable bonds is 3. The van der Waals surface area contributed by atoms with Crippen LogP contribution in [0.1, 0.15) is 67.2 Å². The zero-order chi connectivity index (χ0) is 14.4. The second-order valence-corrected chi connectivity index (χ2v) is 6.44. The van der Waals surface area contributed by atoms with E-state index in [1.807, 2.05) is 0 Å². The van der Waals surface area contributed by atoms with Gasteiger partial charge in [-0.2, -0.15) is 0 Å². The molecule has 1 aliphatic carbocycles. The molecule has 110 valence electrons. The summed E-state index contributed by atoms with van der Waals surface area (Å²) < 4.78 is 5.35. The van der Waals surface area contributed by atoms with Crippen molar-refractivity contribution in [3.8, 4) is 0 Å². The molecule has 2 aliphatic rings. The van der Waals surface area contributed by atoms with Gasteiger partial charge >= 0.3 is 0 Å². The first kappa shape index (κ1) is 16.5. The van der Waals surface area contributed by atoms with E-state index in [1.54, 1.807) is 11.1 Å². The maximum atomic E-state index is 5.35. The van der Waals surface area contributed by atoms with Gasteiger partial charge in [0.15, 0.2) is 0 Å². The molecular weight excluding hydrogens is 232 g/mol. The highest BCUT2D eigenvalue weighted by Crippen LogP contribution is 2.30. The van der Waals surface area contributed by atoms with E-state index >= 15 is 0 Å². The largest absolute Gasteiger partial charge is 0.373 e. The van der Waals surface area contributed by atoms with Gasteiger partial charge in [0.2, 0.25) is 0 Å². The molecule has 1 heteroatoms. The Kier molecular flexibility index (Phi) is 6.85. The van der Waals surface area contributed by atoms with E-state index in [4.69, 9.17) is 4.74 Å². The Bertz CT molecular complexity index is 345. The highest BCUT2D eigenvalue weighted by atomic mass is 16.5. The van der Waals surface area contributed by atoms with Gasteiger partial charge in [-0.25, -0.2) is 0 Å². The Balaban J connectivity index is 0.000000191. The minimum Gasteiger partial charge on any atom is -0.373 e. The molecule has 19 heavy (non-hydrogen) atoms. The summed E-state index contributed by atoms with van der Waals surface area (Å²) >= 11 is 0. The molecule has 0 aromatic carbocycles. The van der Waals surface area contributed by atoms with Crippen LogP contribution >= 0.6 is 0 Å². The number of ether oxygens (including phenoxy) is 1. The molecule has 0 saturated carbocycles. The zero-order valence-electron chi connectivity index (χ0n) is 13.8. The van der Waals surface area contributed by atoms with Crippen molar-refractivity contribution >= 4 is 0 Å². The Morgan fingerprint density at radius 2 is 1.58 bits per heavy atom. The van der Waals surface area contributed by atoms with Crippen molar-refractivity contribution < 1.29 is 4.74 Å². The topological polar surface area (TPSA) is 9.23 Å². The van der Waals surface area contributed by atoms with Gasteiger partial charge < -0.3 is 4.74 Å². The van der Waals surface area contributed by atoms with Crippen LogP contribution in [0.2, 0.25) is 0 Å². The van der Waals surface area contributed by atoms with Crippen LogP contribution in [0.25, 0.3) is 0 Å².